The van der Waals surface area contributed by atoms with Gasteiger partial charge in [-0.15, -0.1) is 11.3 Å². The maximum absolute atomic E-state index is 12.0. The van der Waals surface area contributed by atoms with Crippen molar-refractivity contribution in [2.75, 3.05) is 0 Å². The highest BCUT2D eigenvalue weighted by molar-refractivity contribution is 7.89. The summed E-state index contributed by atoms with van der Waals surface area (Å²) >= 11 is 1.53. The van der Waals surface area contributed by atoms with Crippen LogP contribution in [0.4, 0.5) is 5.69 Å². The van der Waals surface area contributed by atoms with Crippen molar-refractivity contribution in [1.29, 1.82) is 0 Å². The Morgan fingerprint density at radius 3 is 2.50 bits per heavy atom. The van der Waals surface area contributed by atoms with Gasteiger partial charge in [0, 0.05) is 21.9 Å². The smallest absolute Gasteiger partial charge is 0.258 e. The molecule has 7 nitrogen and oxygen atoms in total. The zero-order chi connectivity index (χ0) is 16.2. The monoisotopic (exact) mass is 339 g/mol. The lowest BCUT2D eigenvalue weighted by Crippen LogP contribution is -2.18. The second-order valence-corrected chi connectivity index (χ2v) is 7.12. The predicted molar refractivity (Wildman–Crippen MR) is 84.7 cm³/mol. The van der Waals surface area contributed by atoms with Crippen LogP contribution in [0.15, 0.2) is 46.4 Å². The highest BCUT2D eigenvalue weighted by Crippen LogP contribution is 2.16. The van der Waals surface area contributed by atoms with Crippen molar-refractivity contribution in [2.45, 2.75) is 18.2 Å². The van der Waals surface area contributed by atoms with E-state index >= 15 is 0 Å². The molecule has 2 aromatic rings. The third-order valence-corrected chi connectivity index (χ3v) is 5.16. The summed E-state index contributed by atoms with van der Waals surface area (Å²) in [5.74, 6) is 0. The lowest BCUT2D eigenvalue weighted by molar-refractivity contribution is -0.384. The Morgan fingerprint density at radius 2 is 1.95 bits per heavy atom. The first-order chi connectivity index (χ1) is 10.4. The highest BCUT2D eigenvalue weighted by Gasteiger charge is 2.14. The Hall–Kier alpha value is -2.26. The number of sulfonamides is 1. The van der Waals surface area contributed by atoms with E-state index in [1.54, 1.807) is 0 Å². The average Bonchev–Trinajstić information content (AvgIpc) is 2.95. The number of non-ortho nitro benzene ring substituents is 1. The molecule has 0 aliphatic rings. The molecule has 22 heavy (non-hydrogen) atoms. The fraction of sp³-hybridized carbons (Fsp3) is 0.154. The Bertz CT molecular complexity index is 795. The molecule has 116 valence electrons. The van der Waals surface area contributed by atoms with Gasteiger partial charge in [0.25, 0.3) is 15.7 Å². The molecule has 0 saturated heterocycles. The number of nitro benzene ring substituents is 1. The highest BCUT2D eigenvalue weighted by atomic mass is 32.2. The Labute approximate surface area is 131 Å². The van der Waals surface area contributed by atoms with E-state index in [2.05, 4.69) is 9.93 Å². The Morgan fingerprint density at radius 1 is 1.27 bits per heavy atom. The summed E-state index contributed by atoms with van der Waals surface area (Å²) in [6.45, 7) is 2.03. The van der Waals surface area contributed by atoms with Gasteiger partial charge in [-0.25, -0.2) is 4.83 Å². The third kappa shape index (κ3) is 3.89. The van der Waals surface area contributed by atoms with Crippen LogP contribution in [0.3, 0.4) is 0 Å². The second kappa shape index (κ2) is 6.67. The number of hydrazone groups is 1. The Kier molecular flexibility index (Phi) is 4.88. The number of rotatable bonds is 6. The Balaban J connectivity index is 2.08. The van der Waals surface area contributed by atoms with E-state index in [9.17, 15) is 18.5 Å². The van der Waals surface area contributed by atoms with Gasteiger partial charge in [0.05, 0.1) is 16.0 Å². The summed E-state index contributed by atoms with van der Waals surface area (Å²) in [6, 6.07) is 8.40. The maximum atomic E-state index is 12.0. The minimum absolute atomic E-state index is 0.0873. The maximum Gasteiger partial charge on any atom is 0.276 e. The number of nitro groups is 1. The average molecular weight is 339 g/mol. The first-order valence-corrected chi connectivity index (χ1v) is 8.60. The zero-order valence-corrected chi connectivity index (χ0v) is 13.2. The van der Waals surface area contributed by atoms with Gasteiger partial charge in [-0.2, -0.15) is 13.5 Å². The summed E-state index contributed by atoms with van der Waals surface area (Å²) in [7, 11) is -3.84. The van der Waals surface area contributed by atoms with E-state index in [0.717, 1.165) is 35.6 Å². The van der Waals surface area contributed by atoms with Gasteiger partial charge in [0.15, 0.2) is 0 Å². The van der Waals surface area contributed by atoms with Gasteiger partial charge >= 0.3 is 0 Å². The molecule has 0 aliphatic heterocycles. The lowest BCUT2D eigenvalue weighted by atomic mass is 10.3. The van der Waals surface area contributed by atoms with E-state index in [4.69, 9.17) is 0 Å². The van der Waals surface area contributed by atoms with Crippen LogP contribution in [-0.4, -0.2) is 19.6 Å². The second-order valence-electron chi connectivity index (χ2n) is 4.26. The number of nitrogens with zero attached hydrogens (tertiary/aromatic N) is 2. The van der Waals surface area contributed by atoms with E-state index in [0.29, 0.717) is 0 Å². The minimum Gasteiger partial charge on any atom is -0.258 e. The molecule has 1 aromatic carbocycles. The molecule has 2 rings (SSSR count). The van der Waals surface area contributed by atoms with Crippen LogP contribution >= 0.6 is 11.3 Å². The van der Waals surface area contributed by atoms with Gasteiger partial charge < -0.3 is 0 Å². The molecule has 0 saturated carbocycles. The summed E-state index contributed by atoms with van der Waals surface area (Å²) < 4.78 is 23.9. The predicted octanol–water partition coefficient (Wildman–Crippen LogP) is 2.53. The number of nitrogens with one attached hydrogen (secondary N) is 1. The molecule has 0 aliphatic carbocycles. The van der Waals surface area contributed by atoms with Gasteiger partial charge in [0.2, 0.25) is 0 Å². The molecule has 0 amide bonds. The molecule has 1 heterocycles. The van der Waals surface area contributed by atoms with Crippen LogP contribution in [0.2, 0.25) is 0 Å². The van der Waals surface area contributed by atoms with Gasteiger partial charge in [-0.1, -0.05) is 6.92 Å². The molecule has 1 aromatic heterocycles. The molecule has 0 radical (unpaired) electrons. The molecule has 0 spiro atoms. The van der Waals surface area contributed by atoms with Crippen molar-refractivity contribution < 1.29 is 13.3 Å². The van der Waals surface area contributed by atoms with Gasteiger partial charge in [-0.3, -0.25) is 10.1 Å². The summed E-state index contributed by atoms with van der Waals surface area (Å²) in [5, 5.41) is 14.2. The first kappa shape index (κ1) is 16.1. The molecule has 0 fully saturated rings. The molecule has 0 atom stereocenters. The van der Waals surface area contributed by atoms with E-state index < -0.39 is 14.9 Å². The fourth-order valence-electron chi connectivity index (χ4n) is 1.61. The van der Waals surface area contributed by atoms with Crippen LogP contribution in [0, 0.1) is 10.1 Å². The zero-order valence-electron chi connectivity index (χ0n) is 11.6. The van der Waals surface area contributed by atoms with E-state index in [1.807, 2.05) is 19.1 Å². The third-order valence-electron chi connectivity index (χ3n) is 2.75. The topological polar surface area (TPSA) is 102 Å². The van der Waals surface area contributed by atoms with Crippen molar-refractivity contribution in [2.24, 2.45) is 5.10 Å². The van der Waals surface area contributed by atoms with E-state index in [1.165, 1.54) is 22.4 Å². The largest absolute Gasteiger partial charge is 0.276 e. The van der Waals surface area contributed by atoms with E-state index in [-0.39, 0.29) is 10.6 Å². The summed E-state index contributed by atoms with van der Waals surface area (Å²) in [6.07, 6.45) is 2.33. The standard InChI is InChI=1S/C13H13N3O4S2/c1-2-11-5-6-12(21-11)9-14-15-22(19,20)13-7-3-10(4-8-13)16(17)18/h3-9,15H,2H2,1H3. The number of benzene rings is 1. The molecule has 0 unspecified atom stereocenters. The SMILES string of the molecule is CCc1ccc(C=NNS(=O)(=O)c2ccc([N+](=O)[O-])cc2)s1. The fourth-order valence-corrected chi connectivity index (χ4v) is 3.23. The van der Waals surface area contributed by atoms with Gasteiger partial charge in [0.1, 0.15) is 0 Å². The number of hydrogen-bond acceptors (Lipinski definition) is 6. The minimum atomic E-state index is -3.84. The molecule has 0 bridgehead atoms. The summed E-state index contributed by atoms with van der Waals surface area (Å²) in [5.41, 5.74) is -0.173. The summed E-state index contributed by atoms with van der Waals surface area (Å²) in [4.78, 5) is 14.0. The van der Waals surface area contributed by atoms with Crippen molar-refractivity contribution in [3.05, 3.63) is 56.3 Å². The molecular formula is C13H13N3O4S2. The first-order valence-electron chi connectivity index (χ1n) is 6.30. The van der Waals surface area contributed by atoms with Crippen LogP contribution in [-0.2, 0) is 16.4 Å². The van der Waals surface area contributed by atoms with Crippen LogP contribution in [0.25, 0.3) is 0 Å². The van der Waals surface area contributed by atoms with Crippen LogP contribution in [0.1, 0.15) is 16.7 Å². The van der Waals surface area contributed by atoms with Crippen LogP contribution < -0.4 is 4.83 Å². The number of hydrogen-bond donors (Lipinski definition) is 1. The van der Waals surface area contributed by atoms with Crippen molar-refractivity contribution in [3.63, 3.8) is 0 Å². The van der Waals surface area contributed by atoms with Gasteiger partial charge in [-0.05, 0) is 30.7 Å². The lowest BCUT2D eigenvalue weighted by Gasteiger charge is -2.02. The van der Waals surface area contributed by atoms with Crippen molar-refractivity contribution >= 4 is 33.3 Å². The molecular weight excluding hydrogens is 326 g/mol. The molecule has 1 N–H and O–H groups in total. The normalized spacial score (nSPS) is 11.7. The van der Waals surface area contributed by atoms with Crippen molar-refractivity contribution in [1.82, 2.24) is 4.83 Å². The van der Waals surface area contributed by atoms with Crippen molar-refractivity contribution in [3.8, 4) is 0 Å². The number of aryl methyl sites for hydroxylation is 1. The van der Waals surface area contributed by atoms with Crippen LogP contribution in [0.5, 0.6) is 0 Å². The molecule has 9 heteroatoms. The quantitative estimate of drug-likeness (QED) is 0.496. The number of thiophene rings is 1.